The summed E-state index contributed by atoms with van der Waals surface area (Å²) < 4.78 is 11.4. The van der Waals surface area contributed by atoms with Crippen LogP contribution in [-0.2, 0) is 4.74 Å². The van der Waals surface area contributed by atoms with E-state index in [0.717, 1.165) is 18.6 Å². The molecule has 0 amide bonds. The lowest BCUT2D eigenvalue weighted by Crippen LogP contribution is -2.55. The highest BCUT2D eigenvalue weighted by Gasteiger charge is 2.45. The molecule has 1 aliphatic rings. The van der Waals surface area contributed by atoms with E-state index in [-0.39, 0.29) is 6.10 Å². The smallest absolute Gasteiger partial charge is 0.205 e. The molecule has 0 aromatic heterocycles. The zero-order chi connectivity index (χ0) is 15.0. The normalized spacial score (nSPS) is 22.6. The molecule has 1 fully saturated rings. The predicted octanol–water partition coefficient (Wildman–Crippen LogP) is 4.29. The van der Waals surface area contributed by atoms with Crippen molar-refractivity contribution < 1.29 is 14.6 Å². The minimum atomic E-state index is -1.08. The van der Waals surface area contributed by atoms with Crippen molar-refractivity contribution in [1.29, 1.82) is 0 Å². The Balaban J connectivity index is 1.79. The Morgan fingerprint density at radius 2 is 1.81 bits per heavy atom. The summed E-state index contributed by atoms with van der Waals surface area (Å²) in [7, 11) is 0. The molecular formula is C18H28O3. The zero-order valence-corrected chi connectivity index (χ0v) is 13.1. The lowest BCUT2D eigenvalue weighted by Gasteiger charge is -2.42. The van der Waals surface area contributed by atoms with E-state index in [1.165, 1.54) is 32.1 Å². The van der Waals surface area contributed by atoms with Crippen molar-refractivity contribution in [2.75, 3.05) is 6.61 Å². The van der Waals surface area contributed by atoms with Crippen LogP contribution < -0.4 is 4.74 Å². The van der Waals surface area contributed by atoms with Gasteiger partial charge in [0.25, 0.3) is 0 Å². The van der Waals surface area contributed by atoms with E-state index < -0.39 is 5.79 Å². The first-order valence-electron chi connectivity index (χ1n) is 8.32. The predicted molar refractivity (Wildman–Crippen MR) is 84.4 cm³/mol. The molecule has 0 bridgehead atoms. The number of rotatable bonds is 10. The number of unbranched alkanes of at least 4 members (excludes halogenated alkanes) is 5. The van der Waals surface area contributed by atoms with Crippen molar-refractivity contribution >= 4 is 0 Å². The molecular weight excluding hydrogens is 264 g/mol. The summed E-state index contributed by atoms with van der Waals surface area (Å²) in [6.45, 7) is 2.86. The van der Waals surface area contributed by atoms with Gasteiger partial charge >= 0.3 is 0 Å². The van der Waals surface area contributed by atoms with E-state index in [1.54, 1.807) is 0 Å². The molecule has 1 heterocycles. The van der Waals surface area contributed by atoms with Gasteiger partial charge in [0.15, 0.2) is 6.10 Å². The fourth-order valence-electron chi connectivity index (χ4n) is 2.72. The molecule has 1 saturated heterocycles. The highest BCUT2D eigenvalue weighted by Crippen LogP contribution is 2.32. The molecule has 0 spiro atoms. The topological polar surface area (TPSA) is 38.7 Å². The van der Waals surface area contributed by atoms with Crippen LogP contribution in [0, 0.1) is 0 Å². The Labute approximate surface area is 128 Å². The minimum Gasteiger partial charge on any atom is -0.485 e. The molecule has 1 N–H and O–H groups in total. The maximum atomic E-state index is 10.4. The van der Waals surface area contributed by atoms with Crippen LogP contribution in [-0.4, -0.2) is 23.6 Å². The Hall–Kier alpha value is -1.06. The second-order valence-corrected chi connectivity index (χ2v) is 5.92. The molecule has 21 heavy (non-hydrogen) atoms. The van der Waals surface area contributed by atoms with E-state index >= 15 is 0 Å². The van der Waals surface area contributed by atoms with Gasteiger partial charge in [0, 0.05) is 6.42 Å². The molecule has 2 atom stereocenters. The Morgan fingerprint density at radius 1 is 1.14 bits per heavy atom. The van der Waals surface area contributed by atoms with Crippen molar-refractivity contribution in [3.05, 3.63) is 30.3 Å². The summed E-state index contributed by atoms with van der Waals surface area (Å²) in [5.74, 6) is -0.281. The third-order valence-corrected chi connectivity index (χ3v) is 4.16. The van der Waals surface area contributed by atoms with Crippen LogP contribution in [0.2, 0.25) is 0 Å². The van der Waals surface area contributed by atoms with Crippen molar-refractivity contribution in [2.24, 2.45) is 0 Å². The van der Waals surface area contributed by atoms with Gasteiger partial charge in [0.1, 0.15) is 5.75 Å². The van der Waals surface area contributed by atoms with E-state index in [1.807, 2.05) is 30.3 Å². The molecule has 3 nitrogen and oxygen atoms in total. The summed E-state index contributed by atoms with van der Waals surface area (Å²) in [4.78, 5) is 0. The molecule has 1 aromatic rings. The zero-order valence-electron chi connectivity index (χ0n) is 13.1. The minimum absolute atomic E-state index is 0.264. The van der Waals surface area contributed by atoms with Gasteiger partial charge in [0.2, 0.25) is 5.79 Å². The second kappa shape index (κ2) is 8.40. The molecule has 2 unspecified atom stereocenters. The van der Waals surface area contributed by atoms with Crippen LogP contribution in [0.5, 0.6) is 5.75 Å². The largest absolute Gasteiger partial charge is 0.485 e. The number of benzene rings is 1. The van der Waals surface area contributed by atoms with Gasteiger partial charge in [-0.25, -0.2) is 0 Å². The van der Waals surface area contributed by atoms with Gasteiger partial charge in [-0.2, -0.15) is 0 Å². The number of hydrogen-bond acceptors (Lipinski definition) is 3. The first-order chi connectivity index (χ1) is 10.2. The van der Waals surface area contributed by atoms with Crippen LogP contribution in [0.15, 0.2) is 30.3 Å². The average molecular weight is 292 g/mol. The molecule has 2 rings (SSSR count). The molecule has 0 aliphatic carbocycles. The summed E-state index contributed by atoms with van der Waals surface area (Å²) in [5.41, 5.74) is 0. The number of aliphatic hydroxyl groups is 1. The summed E-state index contributed by atoms with van der Waals surface area (Å²) in [6, 6.07) is 9.71. The maximum absolute atomic E-state index is 10.4. The Morgan fingerprint density at radius 3 is 2.43 bits per heavy atom. The van der Waals surface area contributed by atoms with Gasteiger partial charge in [-0.3, -0.25) is 0 Å². The van der Waals surface area contributed by atoms with Crippen LogP contribution in [0.1, 0.15) is 58.3 Å². The molecule has 1 aliphatic heterocycles. The summed E-state index contributed by atoms with van der Waals surface area (Å²) in [6.07, 6.45) is 8.69. The number of hydrogen-bond donors (Lipinski definition) is 1. The first kappa shape index (κ1) is 16.3. The Bertz CT molecular complexity index is 387. The quantitative estimate of drug-likeness (QED) is 0.654. The van der Waals surface area contributed by atoms with Gasteiger partial charge in [0.05, 0.1) is 6.61 Å². The SMILES string of the molecule is CCCCCCCCC(Oc1ccccc1)C1(O)CCO1. The molecule has 0 radical (unpaired) electrons. The van der Waals surface area contributed by atoms with E-state index in [4.69, 9.17) is 9.47 Å². The second-order valence-electron chi connectivity index (χ2n) is 5.92. The van der Waals surface area contributed by atoms with E-state index in [9.17, 15) is 5.11 Å². The van der Waals surface area contributed by atoms with Crippen molar-refractivity contribution in [3.8, 4) is 5.75 Å². The summed E-state index contributed by atoms with van der Waals surface area (Å²) >= 11 is 0. The van der Waals surface area contributed by atoms with Crippen molar-refractivity contribution in [1.82, 2.24) is 0 Å². The van der Waals surface area contributed by atoms with Gasteiger partial charge in [-0.1, -0.05) is 57.2 Å². The van der Waals surface area contributed by atoms with Crippen molar-refractivity contribution in [2.45, 2.75) is 70.2 Å². The monoisotopic (exact) mass is 292 g/mol. The van der Waals surface area contributed by atoms with E-state index in [0.29, 0.717) is 13.0 Å². The van der Waals surface area contributed by atoms with Gasteiger partial charge in [-0.05, 0) is 25.0 Å². The van der Waals surface area contributed by atoms with Crippen LogP contribution in [0.3, 0.4) is 0 Å². The van der Waals surface area contributed by atoms with Crippen molar-refractivity contribution in [3.63, 3.8) is 0 Å². The lowest BCUT2D eigenvalue weighted by molar-refractivity contribution is -0.319. The fraction of sp³-hybridized carbons (Fsp3) is 0.667. The van der Waals surface area contributed by atoms with Crippen LogP contribution >= 0.6 is 0 Å². The molecule has 118 valence electrons. The third-order valence-electron chi connectivity index (χ3n) is 4.16. The summed E-state index contributed by atoms with van der Waals surface area (Å²) in [5, 5.41) is 10.4. The Kier molecular flexibility index (Phi) is 6.52. The lowest BCUT2D eigenvalue weighted by atomic mass is 9.96. The number of ether oxygens (including phenoxy) is 2. The van der Waals surface area contributed by atoms with Crippen LogP contribution in [0.4, 0.5) is 0 Å². The van der Waals surface area contributed by atoms with Gasteiger partial charge < -0.3 is 14.6 Å². The number of para-hydroxylation sites is 1. The highest BCUT2D eigenvalue weighted by molar-refractivity contribution is 5.21. The molecule has 1 aromatic carbocycles. The fourth-order valence-corrected chi connectivity index (χ4v) is 2.72. The average Bonchev–Trinajstić information content (AvgIpc) is 2.48. The third kappa shape index (κ3) is 5.01. The van der Waals surface area contributed by atoms with Crippen LogP contribution in [0.25, 0.3) is 0 Å². The standard InChI is InChI=1S/C18H28O3/c1-2-3-4-5-6-10-13-17(18(19)14-15-20-18)21-16-11-8-7-9-12-16/h7-9,11-12,17,19H,2-6,10,13-15H2,1H3. The first-order valence-corrected chi connectivity index (χ1v) is 8.32. The maximum Gasteiger partial charge on any atom is 0.205 e. The highest BCUT2D eigenvalue weighted by atomic mass is 16.7. The molecule has 3 heteroatoms. The van der Waals surface area contributed by atoms with Gasteiger partial charge in [-0.15, -0.1) is 0 Å². The molecule has 0 saturated carbocycles. The van der Waals surface area contributed by atoms with E-state index in [2.05, 4.69) is 6.92 Å².